The molecule has 1 atom stereocenters. The number of carboxylic acid groups (broad SMARTS) is 1. The zero-order valence-corrected chi connectivity index (χ0v) is 5.86. The van der Waals surface area contributed by atoms with Crippen LogP contribution in [0.5, 0.6) is 0 Å². The lowest BCUT2D eigenvalue weighted by Gasteiger charge is -2.10. The highest BCUT2D eigenvalue weighted by Gasteiger charge is 2.19. The predicted octanol–water partition coefficient (Wildman–Crippen LogP) is 0.772. The van der Waals surface area contributed by atoms with E-state index in [0.29, 0.717) is 12.7 Å². The molecule has 0 aromatic heterocycles. The largest absolute Gasteiger partial charge is 0.478 e. The van der Waals surface area contributed by atoms with Crippen molar-refractivity contribution in [3.8, 4) is 0 Å². The van der Waals surface area contributed by atoms with Crippen molar-refractivity contribution in [2.45, 2.75) is 6.42 Å². The maximum atomic E-state index is 10.5. The Labute approximate surface area is 64.0 Å². The maximum Gasteiger partial charge on any atom is 0.332 e. The van der Waals surface area contributed by atoms with Gasteiger partial charge in [0, 0.05) is 5.57 Å². The second-order valence-corrected chi connectivity index (χ2v) is 2.33. The van der Waals surface area contributed by atoms with Gasteiger partial charge in [-0.25, -0.2) is 4.79 Å². The van der Waals surface area contributed by atoms with Gasteiger partial charge in [0.25, 0.3) is 0 Å². The molecule has 0 spiro atoms. The number of carbonyl (C=O) groups excluding carboxylic acids is 1. The number of hydrogen-bond donors (Lipinski definition) is 1. The van der Waals surface area contributed by atoms with Crippen molar-refractivity contribution in [3.63, 3.8) is 0 Å². The van der Waals surface area contributed by atoms with Crippen LogP contribution in [-0.2, 0) is 9.59 Å². The van der Waals surface area contributed by atoms with Crippen LogP contribution in [0.25, 0.3) is 0 Å². The van der Waals surface area contributed by atoms with E-state index in [1.165, 1.54) is 6.08 Å². The number of rotatable bonds is 2. The SMILES string of the molecule is O=CC1CC=CC=C1C(=O)O. The van der Waals surface area contributed by atoms with Gasteiger partial charge in [0.05, 0.1) is 5.92 Å². The van der Waals surface area contributed by atoms with Crippen molar-refractivity contribution < 1.29 is 14.7 Å². The van der Waals surface area contributed by atoms with Crippen LogP contribution >= 0.6 is 0 Å². The average molecular weight is 152 g/mol. The number of hydrogen-bond acceptors (Lipinski definition) is 2. The van der Waals surface area contributed by atoms with E-state index < -0.39 is 11.9 Å². The summed E-state index contributed by atoms with van der Waals surface area (Å²) < 4.78 is 0. The van der Waals surface area contributed by atoms with Crippen LogP contribution in [0.2, 0.25) is 0 Å². The maximum absolute atomic E-state index is 10.5. The molecule has 3 nitrogen and oxygen atoms in total. The summed E-state index contributed by atoms with van der Waals surface area (Å²) in [6.07, 6.45) is 6.07. The third-order valence-corrected chi connectivity index (χ3v) is 1.61. The lowest BCUT2D eigenvalue weighted by atomic mass is 9.93. The zero-order valence-electron chi connectivity index (χ0n) is 5.86. The molecule has 11 heavy (non-hydrogen) atoms. The number of allylic oxidation sites excluding steroid dienone is 3. The van der Waals surface area contributed by atoms with Gasteiger partial charge in [-0.3, -0.25) is 0 Å². The molecule has 3 heteroatoms. The van der Waals surface area contributed by atoms with Gasteiger partial charge < -0.3 is 9.90 Å². The molecule has 1 rings (SSSR count). The molecule has 1 aliphatic rings. The van der Waals surface area contributed by atoms with E-state index in [-0.39, 0.29) is 5.57 Å². The van der Waals surface area contributed by atoms with Crippen LogP contribution in [0.1, 0.15) is 6.42 Å². The monoisotopic (exact) mass is 152 g/mol. The van der Waals surface area contributed by atoms with E-state index in [9.17, 15) is 9.59 Å². The standard InChI is InChI=1S/C8H8O3/c9-5-6-3-1-2-4-7(6)8(10)11/h1-2,4-6H,3H2,(H,10,11). The Kier molecular flexibility index (Phi) is 2.21. The molecule has 1 N–H and O–H groups in total. The summed E-state index contributed by atoms with van der Waals surface area (Å²) >= 11 is 0. The first-order chi connectivity index (χ1) is 5.25. The fraction of sp³-hybridized carbons (Fsp3) is 0.250. The first-order valence-corrected chi connectivity index (χ1v) is 3.31. The fourth-order valence-electron chi connectivity index (χ4n) is 1.01. The van der Waals surface area contributed by atoms with Gasteiger partial charge in [-0.05, 0) is 6.42 Å². The van der Waals surface area contributed by atoms with Gasteiger partial charge in [0.15, 0.2) is 0 Å². The summed E-state index contributed by atoms with van der Waals surface area (Å²) in [6, 6.07) is 0. The molecule has 0 aromatic rings. The third-order valence-electron chi connectivity index (χ3n) is 1.61. The summed E-state index contributed by atoms with van der Waals surface area (Å²) in [5, 5.41) is 8.58. The highest BCUT2D eigenvalue weighted by atomic mass is 16.4. The Bertz CT molecular complexity index is 238. The summed E-state index contributed by atoms with van der Waals surface area (Å²) in [5.41, 5.74) is 0.183. The van der Waals surface area contributed by atoms with Crippen LogP contribution in [0.15, 0.2) is 23.8 Å². The minimum atomic E-state index is -1.01. The molecule has 0 saturated heterocycles. The molecule has 0 heterocycles. The highest BCUT2D eigenvalue weighted by Crippen LogP contribution is 2.17. The Hall–Kier alpha value is -1.38. The smallest absolute Gasteiger partial charge is 0.332 e. The molecular formula is C8H8O3. The van der Waals surface area contributed by atoms with Crippen molar-refractivity contribution >= 4 is 12.3 Å². The summed E-state index contributed by atoms with van der Waals surface area (Å²) in [6.45, 7) is 0. The van der Waals surface area contributed by atoms with E-state index in [1.54, 1.807) is 12.2 Å². The summed E-state index contributed by atoms with van der Waals surface area (Å²) in [4.78, 5) is 20.8. The fourth-order valence-corrected chi connectivity index (χ4v) is 1.01. The minimum absolute atomic E-state index is 0.183. The second kappa shape index (κ2) is 3.14. The van der Waals surface area contributed by atoms with Gasteiger partial charge in [0.2, 0.25) is 0 Å². The predicted molar refractivity (Wildman–Crippen MR) is 39.0 cm³/mol. The van der Waals surface area contributed by atoms with E-state index in [4.69, 9.17) is 5.11 Å². The first kappa shape index (κ1) is 7.72. The van der Waals surface area contributed by atoms with Gasteiger partial charge in [-0.1, -0.05) is 18.2 Å². The van der Waals surface area contributed by atoms with E-state index in [0.717, 1.165) is 0 Å². The van der Waals surface area contributed by atoms with Crippen molar-refractivity contribution in [2.75, 3.05) is 0 Å². The third kappa shape index (κ3) is 1.55. The average Bonchev–Trinajstić information content (AvgIpc) is 2.04. The molecule has 1 aliphatic carbocycles. The Morgan fingerprint density at radius 1 is 1.73 bits per heavy atom. The zero-order chi connectivity index (χ0) is 8.27. The first-order valence-electron chi connectivity index (χ1n) is 3.31. The Morgan fingerprint density at radius 3 is 2.91 bits per heavy atom. The molecule has 0 fully saturated rings. The van der Waals surface area contributed by atoms with Gasteiger partial charge >= 0.3 is 5.97 Å². The Morgan fingerprint density at radius 2 is 2.45 bits per heavy atom. The van der Waals surface area contributed by atoms with Gasteiger partial charge in [-0.2, -0.15) is 0 Å². The van der Waals surface area contributed by atoms with Crippen LogP contribution < -0.4 is 0 Å². The highest BCUT2D eigenvalue weighted by molar-refractivity contribution is 5.92. The van der Waals surface area contributed by atoms with E-state index in [2.05, 4.69) is 0 Å². The second-order valence-electron chi connectivity index (χ2n) is 2.33. The van der Waals surface area contributed by atoms with Crippen LogP contribution in [0, 0.1) is 5.92 Å². The molecular weight excluding hydrogens is 144 g/mol. The van der Waals surface area contributed by atoms with Crippen LogP contribution in [-0.4, -0.2) is 17.4 Å². The molecule has 0 saturated carbocycles. The van der Waals surface area contributed by atoms with Crippen LogP contribution in [0.4, 0.5) is 0 Å². The normalized spacial score (nSPS) is 22.5. The number of aldehydes is 1. The molecule has 0 aromatic carbocycles. The van der Waals surface area contributed by atoms with Crippen LogP contribution in [0.3, 0.4) is 0 Å². The summed E-state index contributed by atoms with van der Waals surface area (Å²) in [5.74, 6) is -1.47. The Balaban J connectivity index is 2.86. The molecule has 0 amide bonds. The van der Waals surface area contributed by atoms with Gasteiger partial charge in [0.1, 0.15) is 6.29 Å². The van der Waals surface area contributed by atoms with Crippen molar-refractivity contribution in [2.24, 2.45) is 5.92 Å². The van der Waals surface area contributed by atoms with Gasteiger partial charge in [-0.15, -0.1) is 0 Å². The lowest BCUT2D eigenvalue weighted by Crippen LogP contribution is -2.14. The van der Waals surface area contributed by atoms with E-state index >= 15 is 0 Å². The van der Waals surface area contributed by atoms with Crippen molar-refractivity contribution in [1.82, 2.24) is 0 Å². The summed E-state index contributed by atoms with van der Waals surface area (Å²) in [7, 11) is 0. The molecule has 0 bridgehead atoms. The molecule has 0 aliphatic heterocycles. The van der Waals surface area contributed by atoms with E-state index in [1.807, 2.05) is 0 Å². The molecule has 1 unspecified atom stereocenters. The topological polar surface area (TPSA) is 54.4 Å². The number of aliphatic carboxylic acids is 1. The van der Waals surface area contributed by atoms with Crippen molar-refractivity contribution in [1.29, 1.82) is 0 Å². The van der Waals surface area contributed by atoms with Crippen molar-refractivity contribution in [3.05, 3.63) is 23.8 Å². The minimum Gasteiger partial charge on any atom is -0.478 e. The quantitative estimate of drug-likeness (QED) is 0.594. The lowest BCUT2D eigenvalue weighted by molar-refractivity contribution is -0.134. The number of carboxylic acids is 1. The molecule has 58 valence electrons. The molecule has 0 radical (unpaired) electrons. The number of carbonyl (C=O) groups is 2.